The topological polar surface area (TPSA) is 105 Å². The van der Waals surface area contributed by atoms with Crippen LogP contribution in [-0.4, -0.2) is 33.9 Å². The van der Waals surface area contributed by atoms with Gasteiger partial charge in [0.1, 0.15) is 11.5 Å². The number of fused-ring (bicyclic) bond motifs is 1. The molecule has 8 nitrogen and oxygen atoms in total. The van der Waals surface area contributed by atoms with E-state index >= 15 is 0 Å². The van der Waals surface area contributed by atoms with Crippen molar-refractivity contribution in [2.45, 2.75) is 38.1 Å². The maximum absolute atomic E-state index is 13.3. The SMILES string of the molecule is COc1ccc(CNC(=O)n2nc(-c3ccc(NC(=O)c4cc5ccccc5s4)cc3O)cc2C2CCCC2)cc1. The number of phenols is 1. The minimum Gasteiger partial charge on any atom is -0.507 e. The van der Waals surface area contributed by atoms with Crippen LogP contribution in [-0.2, 0) is 6.54 Å². The second kappa shape index (κ2) is 11.5. The highest BCUT2D eigenvalue weighted by molar-refractivity contribution is 7.20. The summed E-state index contributed by atoms with van der Waals surface area (Å²) in [5, 5.41) is 22.4. The van der Waals surface area contributed by atoms with Gasteiger partial charge >= 0.3 is 6.03 Å². The first-order valence-corrected chi connectivity index (χ1v) is 14.4. The largest absolute Gasteiger partial charge is 0.507 e. The Labute approximate surface area is 241 Å². The lowest BCUT2D eigenvalue weighted by atomic mass is 10.0. The van der Waals surface area contributed by atoms with Crippen LogP contribution in [0, 0.1) is 0 Å². The fraction of sp³-hybridized carbons (Fsp3) is 0.219. The van der Waals surface area contributed by atoms with Crippen LogP contribution in [0.15, 0.2) is 78.9 Å². The van der Waals surface area contributed by atoms with Crippen molar-refractivity contribution in [3.8, 4) is 22.8 Å². The number of rotatable bonds is 7. The summed E-state index contributed by atoms with van der Waals surface area (Å²) >= 11 is 1.42. The quantitative estimate of drug-likeness (QED) is 0.194. The molecule has 0 saturated heterocycles. The van der Waals surface area contributed by atoms with Gasteiger partial charge in [-0.3, -0.25) is 4.79 Å². The summed E-state index contributed by atoms with van der Waals surface area (Å²) in [5.41, 5.74) is 3.25. The van der Waals surface area contributed by atoms with E-state index < -0.39 is 0 Å². The lowest BCUT2D eigenvalue weighted by molar-refractivity contribution is 0.103. The van der Waals surface area contributed by atoms with Gasteiger partial charge in [0.25, 0.3) is 5.91 Å². The first-order chi connectivity index (χ1) is 20.0. The number of nitrogens with one attached hydrogen (secondary N) is 2. The lowest BCUT2D eigenvalue weighted by Crippen LogP contribution is -2.30. The summed E-state index contributed by atoms with van der Waals surface area (Å²) in [6.45, 7) is 0.349. The molecule has 0 atom stereocenters. The van der Waals surface area contributed by atoms with Gasteiger partial charge in [-0.2, -0.15) is 9.78 Å². The summed E-state index contributed by atoms with van der Waals surface area (Å²) in [5.74, 6) is 0.718. The smallest absolute Gasteiger partial charge is 0.342 e. The van der Waals surface area contributed by atoms with Crippen LogP contribution >= 0.6 is 11.3 Å². The zero-order valence-corrected chi connectivity index (χ0v) is 23.4. The second-order valence-electron chi connectivity index (χ2n) is 10.2. The molecule has 6 rings (SSSR count). The number of phenolic OH excluding ortho intramolecular Hbond substituents is 1. The third kappa shape index (κ3) is 5.67. The molecule has 2 heterocycles. The number of benzene rings is 3. The van der Waals surface area contributed by atoms with Crippen molar-refractivity contribution in [1.82, 2.24) is 15.1 Å². The second-order valence-corrected chi connectivity index (χ2v) is 11.3. The molecule has 2 amide bonds. The number of carbonyl (C=O) groups is 2. The van der Waals surface area contributed by atoms with Gasteiger partial charge in [-0.25, -0.2) is 4.79 Å². The van der Waals surface area contributed by atoms with Gasteiger partial charge in [-0.1, -0.05) is 43.2 Å². The summed E-state index contributed by atoms with van der Waals surface area (Å²) in [6.07, 6.45) is 4.20. The number of anilines is 1. The minimum absolute atomic E-state index is 0.0274. The van der Waals surface area contributed by atoms with Crippen LogP contribution in [0.2, 0.25) is 0 Å². The molecule has 1 aliphatic carbocycles. The molecule has 208 valence electrons. The first-order valence-electron chi connectivity index (χ1n) is 13.6. The lowest BCUT2D eigenvalue weighted by Gasteiger charge is -2.12. The molecule has 2 aromatic heterocycles. The molecule has 9 heteroatoms. The number of hydrogen-bond donors (Lipinski definition) is 3. The Bertz CT molecular complexity index is 1680. The van der Waals surface area contributed by atoms with Crippen molar-refractivity contribution in [3.05, 3.63) is 95.0 Å². The van der Waals surface area contributed by atoms with Crippen molar-refractivity contribution in [2.24, 2.45) is 0 Å². The fourth-order valence-corrected chi connectivity index (χ4v) is 6.27. The van der Waals surface area contributed by atoms with E-state index in [0.717, 1.165) is 52.8 Å². The van der Waals surface area contributed by atoms with E-state index in [0.29, 0.717) is 28.4 Å². The van der Waals surface area contributed by atoms with Gasteiger partial charge in [0.05, 0.1) is 23.4 Å². The Morgan fingerprint density at radius 1 is 1.02 bits per heavy atom. The molecular formula is C32H30N4O4S. The predicted molar refractivity (Wildman–Crippen MR) is 161 cm³/mol. The molecule has 1 saturated carbocycles. The minimum atomic E-state index is -0.319. The fourth-order valence-electron chi connectivity index (χ4n) is 5.31. The first kappa shape index (κ1) is 26.6. The molecule has 5 aromatic rings. The number of thiophene rings is 1. The summed E-state index contributed by atoms with van der Waals surface area (Å²) in [4.78, 5) is 26.7. The normalized spacial score (nSPS) is 13.4. The maximum Gasteiger partial charge on any atom is 0.342 e. The van der Waals surface area contributed by atoms with Gasteiger partial charge < -0.3 is 20.5 Å². The number of aromatic hydroxyl groups is 1. The molecule has 1 fully saturated rings. The average molecular weight is 567 g/mol. The Morgan fingerprint density at radius 2 is 1.80 bits per heavy atom. The molecule has 3 N–H and O–H groups in total. The molecule has 41 heavy (non-hydrogen) atoms. The van der Waals surface area contributed by atoms with Crippen molar-refractivity contribution >= 4 is 39.0 Å². The number of aromatic nitrogens is 2. The number of amides is 2. The summed E-state index contributed by atoms with van der Waals surface area (Å²) in [7, 11) is 1.62. The molecule has 0 unspecified atom stereocenters. The van der Waals surface area contributed by atoms with E-state index in [-0.39, 0.29) is 23.6 Å². The van der Waals surface area contributed by atoms with Gasteiger partial charge in [0.15, 0.2) is 0 Å². The van der Waals surface area contributed by atoms with Crippen LogP contribution in [0.3, 0.4) is 0 Å². The zero-order chi connectivity index (χ0) is 28.3. The van der Waals surface area contributed by atoms with Crippen molar-refractivity contribution in [1.29, 1.82) is 0 Å². The zero-order valence-electron chi connectivity index (χ0n) is 22.6. The highest BCUT2D eigenvalue weighted by Crippen LogP contribution is 2.38. The monoisotopic (exact) mass is 566 g/mol. The van der Waals surface area contributed by atoms with Crippen LogP contribution in [0.5, 0.6) is 11.5 Å². The Morgan fingerprint density at radius 3 is 2.54 bits per heavy atom. The standard InChI is InChI=1S/C32H30N4O4S/c1-40-24-13-10-20(11-14-24)19-33-32(39)36-27(21-6-2-3-7-21)18-26(35-36)25-15-12-23(17-28(25)37)34-31(38)30-16-22-8-4-5-9-29(22)41-30/h4-5,8-18,21,37H,2-3,6-7,19H2,1H3,(H,33,39)(H,34,38). The molecule has 0 bridgehead atoms. The van der Waals surface area contributed by atoms with E-state index in [1.54, 1.807) is 19.2 Å². The molecule has 0 radical (unpaired) electrons. The summed E-state index contributed by atoms with van der Waals surface area (Å²) < 4.78 is 7.68. The van der Waals surface area contributed by atoms with Gasteiger partial charge in [0, 0.05) is 34.5 Å². The van der Waals surface area contributed by atoms with Crippen molar-refractivity contribution in [3.63, 3.8) is 0 Å². The van der Waals surface area contributed by atoms with E-state index in [2.05, 4.69) is 15.7 Å². The predicted octanol–water partition coefficient (Wildman–Crippen LogP) is 7.15. The van der Waals surface area contributed by atoms with Crippen LogP contribution in [0.4, 0.5) is 10.5 Å². The third-order valence-corrected chi connectivity index (χ3v) is 8.60. The van der Waals surface area contributed by atoms with Crippen molar-refractivity contribution in [2.75, 3.05) is 12.4 Å². The molecule has 0 spiro atoms. The Balaban J connectivity index is 1.21. The summed E-state index contributed by atoms with van der Waals surface area (Å²) in [6, 6.07) is 23.8. The average Bonchev–Trinajstić information content (AvgIpc) is 3.76. The molecule has 3 aromatic carbocycles. The van der Waals surface area contributed by atoms with Crippen LogP contribution in [0.1, 0.15) is 52.5 Å². The maximum atomic E-state index is 13.3. The van der Waals surface area contributed by atoms with E-state index in [4.69, 9.17) is 4.74 Å². The van der Waals surface area contributed by atoms with E-state index in [1.165, 1.54) is 22.1 Å². The van der Waals surface area contributed by atoms with Gasteiger partial charge in [-0.05, 0) is 66.3 Å². The number of ether oxygens (including phenoxy) is 1. The van der Waals surface area contributed by atoms with Gasteiger partial charge in [-0.15, -0.1) is 11.3 Å². The third-order valence-electron chi connectivity index (χ3n) is 7.49. The highest BCUT2D eigenvalue weighted by atomic mass is 32.1. The Kier molecular flexibility index (Phi) is 7.43. The molecule has 0 aliphatic heterocycles. The Hall–Kier alpha value is -4.63. The number of carbonyl (C=O) groups excluding carboxylic acids is 2. The van der Waals surface area contributed by atoms with Crippen molar-refractivity contribution < 1.29 is 19.4 Å². The number of nitrogens with zero attached hydrogens (tertiary/aromatic N) is 2. The molecular weight excluding hydrogens is 536 g/mol. The van der Waals surface area contributed by atoms with E-state index in [1.807, 2.05) is 60.7 Å². The van der Waals surface area contributed by atoms with Crippen LogP contribution < -0.4 is 15.4 Å². The van der Waals surface area contributed by atoms with Crippen LogP contribution in [0.25, 0.3) is 21.3 Å². The number of hydrogen-bond acceptors (Lipinski definition) is 6. The highest BCUT2D eigenvalue weighted by Gasteiger charge is 2.26. The molecule has 1 aliphatic rings. The van der Waals surface area contributed by atoms with Gasteiger partial charge in [0.2, 0.25) is 0 Å². The van der Waals surface area contributed by atoms with E-state index in [9.17, 15) is 14.7 Å². The number of methoxy groups -OCH3 is 1.